The minimum atomic E-state index is -0.478. The number of Topliss-reactive ketones (excluding diaryl/α,β-unsaturated/α-hetero) is 2. The second-order valence-electron chi connectivity index (χ2n) is 10.8. The molecule has 0 radical (unpaired) electrons. The van der Waals surface area contributed by atoms with Crippen LogP contribution in [0.25, 0.3) is 0 Å². The lowest BCUT2D eigenvalue weighted by Gasteiger charge is -2.37. The smallest absolute Gasteiger partial charge is 0.161 e. The normalized spacial score (nSPS) is 17.0. The summed E-state index contributed by atoms with van der Waals surface area (Å²) in [4.78, 5) is 26.3. The van der Waals surface area contributed by atoms with Crippen LogP contribution in [0.1, 0.15) is 61.1 Å². The zero-order valence-corrected chi connectivity index (χ0v) is 24.8. The Bertz CT molecular complexity index is 1550. The molecule has 216 valence electrons. The first kappa shape index (κ1) is 28.4. The van der Waals surface area contributed by atoms with Gasteiger partial charge in [0.2, 0.25) is 0 Å². The molecule has 0 unspecified atom stereocenters. The number of hydrogen-bond donors (Lipinski definition) is 1. The highest BCUT2D eigenvalue weighted by Gasteiger charge is 2.40. The highest BCUT2D eigenvalue weighted by molar-refractivity contribution is 6.37. The first-order valence-electron chi connectivity index (χ1n) is 14.2. The monoisotopic (exact) mass is 603 g/mol. The van der Waals surface area contributed by atoms with Crippen LogP contribution in [0.3, 0.4) is 0 Å². The van der Waals surface area contributed by atoms with E-state index in [4.69, 9.17) is 37.4 Å². The molecule has 0 bridgehead atoms. The third-order valence-electron chi connectivity index (χ3n) is 7.99. The van der Waals surface area contributed by atoms with E-state index in [1.165, 1.54) is 0 Å². The molecule has 1 heterocycles. The second kappa shape index (κ2) is 12.2. The van der Waals surface area contributed by atoms with Gasteiger partial charge in [0.15, 0.2) is 28.8 Å². The zero-order valence-electron chi connectivity index (χ0n) is 23.3. The van der Waals surface area contributed by atoms with Crippen LogP contribution in [-0.2, 0) is 22.8 Å². The van der Waals surface area contributed by atoms with E-state index in [9.17, 15) is 9.59 Å². The number of halogens is 2. The molecule has 0 fully saturated rings. The molecule has 0 atom stereocenters. The molecule has 0 saturated heterocycles. The lowest BCUT2D eigenvalue weighted by Crippen LogP contribution is -2.36. The fourth-order valence-corrected chi connectivity index (χ4v) is 6.63. The van der Waals surface area contributed by atoms with Crippen LogP contribution in [0.5, 0.6) is 17.2 Å². The number of methoxy groups -OCH3 is 1. The van der Waals surface area contributed by atoms with E-state index in [0.717, 1.165) is 53.8 Å². The van der Waals surface area contributed by atoms with Crippen LogP contribution < -0.4 is 19.5 Å². The summed E-state index contributed by atoms with van der Waals surface area (Å²) >= 11 is 13.5. The van der Waals surface area contributed by atoms with Gasteiger partial charge in [0.25, 0.3) is 0 Å². The van der Waals surface area contributed by atoms with Gasteiger partial charge in [-0.2, -0.15) is 0 Å². The molecule has 8 heteroatoms. The minimum absolute atomic E-state index is 0.0661. The van der Waals surface area contributed by atoms with Crippen molar-refractivity contribution < 1.29 is 23.8 Å². The molecular formula is C34H31Cl2NO5. The standard InChI is InChI=1S/C34H31Cl2NO5/c1-40-30-15-21(13-14-29(30)41-18-20-7-3-2-4-8-20)19-42-34-23(35)16-22(17-24(34)36)31-32-25(9-5-11-27(32)38)37-26-10-6-12-28(39)33(26)31/h2-4,7-8,13-17,31,37H,5-6,9-12,18-19H2,1H3. The summed E-state index contributed by atoms with van der Waals surface area (Å²) < 4.78 is 17.6. The average molecular weight is 605 g/mol. The van der Waals surface area contributed by atoms with Crippen molar-refractivity contribution in [2.75, 3.05) is 7.11 Å². The molecule has 3 aliphatic rings. The van der Waals surface area contributed by atoms with Crippen molar-refractivity contribution in [2.45, 2.75) is 57.7 Å². The van der Waals surface area contributed by atoms with Crippen molar-refractivity contribution in [2.24, 2.45) is 0 Å². The molecule has 2 aliphatic carbocycles. The molecule has 3 aromatic rings. The SMILES string of the molecule is COc1cc(COc2c(Cl)cc(C3C4=C(CCCC4=O)NC4=C3C(=O)CCC4)cc2Cl)ccc1OCc1ccccc1. The van der Waals surface area contributed by atoms with Gasteiger partial charge in [-0.15, -0.1) is 0 Å². The molecule has 1 aliphatic heterocycles. The van der Waals surface area contributed by atoms with Crippen LogP contribution in [-0.4, -0.2) is 18.7 Å². The van der Waals surface area contributed by atoms with Gasteiger partial charge in [-0.1, -0.05) is 59.6 Å². The Labute approximate surface area is 255 Å². The molecular weight excluding hydrogens is 573 g/mol. The summed E-state index contributed by atoms with van der Waals surface area (Å²) in [6.45, 7) is 0.624. The molecule has 0 aromatic heterocycles. The van der Waals surface area contributed by atoms with E-state index in [0.29, 0.717) is 57.9 Å². The van der Waals surface area contributed by atoms with E-state index in [2.05, 4.69) is 5.32 Å². The lowest BCUT2D eigenvalue weighted by molar-refractivity contribution is -0.117. The maximum Gasteiger partial charge on any atom is 0.161 e. The highest BCUT2D eigenvalue weighted by Crippen LogP contribution is 2.47. The second-order valence-corrected chi connectivity index (χ2v) is 11.6. The van der Waals surface area contributed by atoms with E-state index in [1.54, 1.807) is 19.2 Å². The predicted octanol–water partition coefficient (Wildman–Crippen LogP) is 7.86. The number of ether oxygens (including phenoxy) is 3. The van der Waals surface area contributed by atoms with Gasteiger partial charge in [-0.25, -0.2) is 0 Å². The number of carbonyl (C=O) groups is 2. The van der Waals surface area contributed by atoms with Crippen molar-refractivity contribution in [3.8, 4) is 17.2 Å². The van der Waals surface area contributed by atoms with Gasteiger partial charge in [0.1, 0.15) is 13.2 Å². The number of carbonyl (C=O) groups excluding carboxylic acids is 2. The predicted molar refractivity (Wildman–Crippen MR) is 162 cm³/mol. The van der Waals surface area contributed by atoms with Crippen molar-refractivity contribution >= 4 is 34.8 Å². The van der Waals surface area contributed by atoms with Gasteiger partial charge < -0.3 is 19.5 Å². The maximum absolute atomic E-state index is 13.1. The zero-order chi connectivity index (χ0) is 29.2. The number of nitrogens with one attached hydrogen (secondary N) is 1. The number of allylic oxidation sites excluding steroid dienone is 4. The van der Waals surface area contributed by atoms with Crippen LogP contribution >= 0.6 is 23.2 Å². The minimum Gasteiger partial charge on any atom is -0.493 e. The number of rotatable bonds is 8. The van der Waals surface area contributed by atoms with Crippen molar-refractivity contribution in [1.29, 1.82) is 0 Å². The quantitative estimate of drug-likeness (QED) is 0.282. The van der Waals surface area contributed by atoms with Gasteiger partial charge >= 0.3 is 0 Å². The Hall–Kier alpha value is -3.74. The largest absolute Gasteiger partial charge is 0.493 e. The van der Waals surface area contributed by atoms with Gasteiger partial charge in [0.05, 0.1) is 17.2 Å². The first-order valence-corrected chi connectivity index (χ1v) is 14.9. The fourth-order valence-electron chi connectivity index (χ4n) is 6.01. The summed E-state index contributed by atoms with van der Waals surface area (Å²) in [6, 6.07) is 19.1. The lowest BCUT2D eigenvalue weighted by atomic mass is 9.71. The molecule has 6 rings (SSSR count). The average Bonchev–Trinajstić information content (AvgIpc) is 2.99. The van der Waals surface area contributed by atoms with Crippen molar-refractivity contribution in [1.82, 2.24) is 5.32 Å². The number of benzene rings is 3. The molecule has 0 amide bonds. The maximum atomic E-state index is 13.1. The molecule has 42 heavy (non-hydrogen) atoms. The Morgan fingerprint density at radius 1 is 0.738 bits per heavy atom. The molecule has 0 saturated carbocycles. The summed E-state index contributed by atoms with van der Waals surface area (Å²) in [7, 11) is 1.60. The van der Waals surface area contributed by atoms with E-state index in [1.807, 2.05) is 48.5 Å². The van der Waals surface area contributed by atoms with E-state index < -0.39 is 5.92 Å². The number of dihydropyridines is 1. The summed E-state index contributed by atoms with van der Waals surface area (Å²) in [5.41, 5.74) is 5.80. The summed E-state index contributed by atoms with van der Waals surface area (Å²) in [5, 5.41) is 4.08. The van der Waals surface area contributed by atoms with Gasteiger partial charge in [-0.05, 0) is 66.6 Å². The third kappa shape index (κ3) is 5.66. The third-order valence-corrected chi connectivity index (χ3v) is 8.56. The topological polar surface area (TPSA) is 73.9 Å². The van der Waals surface area contributed by atoms with E-state index >= 15 is 0 Å². The Morgan fingerprint density at radius 2 is 1.36 bits per heavy atom. The number of ketones is 2. The van der Waals surface area contributed by atoms with Crippen LogP contribution in [0, 0.1) is 0 Å². The van der Waals surface area contributed by atoms with Crippen LogP contribution in [0.15, 0.2) is 83.2 Å². The Balaban J connectivity index is 1.23. The summed E-state index contributed by atoms with van der Waals surface area (Å²) in [5.74, 6) is 1.21. The van der Waals surface area contributed by atoms with Crippen molar-refractivity contribution in [3.05, 3.63) is 110 Å². The Kier molecular flexibility index (Phi) is 8.27. The molecule has 0 spiro atoms. The van der Waals surface area contributed by atoms with Gasteiger partial charge in [0, 0.05) is 41.3 Å². The van der Waals surface area contributed by atoms with Crippen molar-refractivity contribution in [3.63, 3.8) is 0 Å². The first-order chi connectivity index (χ1) is 20.4. The molecule has 6 nitrogen and oxygen atoms in total. The highest BCUT2D eigenvalue weighted by atomic mass is 35.5. The number of hydrogen-bond acceptors (Lipinski definition) is 6. The Morgan fingerprint density at radius 3 is 1.98 bits per heavy atom. The fraction of sp³-hybridized carbons (Fsp3) is 0.294. The van der Waals surface area contributed by atoms with E-state index in [-0.39, 0.29) is 18.2 Å². The molecule has 1 N–H and O–H groups in total. The van der Waals surface area contributed by atoms with Gasteiger partial charge in [-0.3, -0.25) is 9.59 Å². The molecule has 3 aromatic carbocycles. The van der Waals surface area contributed by atoms with Crippen LogP contribution in [0.2, 0.25) is 10.0 Å². The van der Waals surface area contributed by atoms with Crippen LogP contribution in [0.4, 0.5) is 0 Å². The summed E-state index contributed by atoms with van der Waals surface area (Å²) in [6.07, 6.45) is 4.10.